The predicted octanol–water partition coefficient (Wildman–Crippen LogP) is 4.43. The summed E-state index contributed by atoms with van der Waals surface area (Å²) in [5, 5.41) is 0. The van der Waals surface area contributed by atoms with Crippen molar-refractivity contribution in [3.8, 4) is 17.4 Å². The van der Waals surface area contributed by atoms with E-state index in [0.29, 0.717) is 23.4 Å². The van der Waals surface area contributed by atoms with Crippen LogP contribution in [-0.2, 0) is 4.79 Å². The second kappa shape index (κ2) is 9.22. The summed E-state index contributed by atoms with van der Waals surface area (Å²) in [6.07, 6.45) is 7.62. The minimum atomic E-state index is 0.0632. The Bertz CT molecular complexity index is 682. The summed E-state index contributed by atoms with van der Waals surface area (Å²) in [6, 6.07) is 13.1. The number of nitrogens with zero attached hydrogens (tertiary/aromatic N) is 2. The zero-order valence-electron chi connectivity index (χ0n) is 15.3. The molecule has 1 aromatic carbocycles. The van der Waals surface area contributed by atoms with Crippen LogP contribution in [0.1, 0.15) is 39.0 Å². The number of carbonyl (C=O) groups excluding carboxylic acids is 1. The molecule has 0 atom stereocenters. The molecule has 0 bridgehead atoms. The first-order chi connectivity index (χ1) is 12.8. The number of amides is 1. The lowest BCUT2D eigenvalue weighted by Crippen LogP contribution is -2.43. The molecule has 26 heavy (non-hydrogen) atoms. The Morgan fingerprint density at radius 1 is 1.08 bits per heavy atom. The summed E-state index contributed by atoms with van der Waals surface area (Å²) in [5.74, 6) is 1.95. The van der Waals surface area contributed by atoms with Crippen molar-refractivity contribution < 1.29 is 14.3 Å². The molecule has 1 aliphatic rings. The maximum atomic E-state index is 12.5. The average molecular weight is 354 g/mol. The Balaban J connectivity index is 1.51. The van der Waals surface area contributed by atoms with Crippen molar-refractivity contribution in [1.29, 1.82) is 0 Å². The zero-order valence-corrected chi connectivity index (χ0v) is 15.3. The van der Waals surface area contributed by atoms with E-state index in [1.54, 1.807) is 12.3 Å². The lowest BCUT2D eigenvalue weighted by molar-refractivity contribution is -0.136. The Morgan fingerprint density at radius 2 is 1.81 bits per heavy atom. The smallest absolute Gasteiger partial charge is 0.260 e. The molecule has 0 unspecified atom stereocenters. The molecule has 1 aromatic heterocycles. The summed E-state index contributed by atoms with van der Waals surface area (Å²) in [5.41, 5.74) is 0. The van der Waals surface area contributed by atoms with E-state index in [9.17, 15) is 4.79 Å². The number of rotatable bonds is 7. The van der Waals surface area contributed by atoms with Crippen LogP contribution >= 0.6 is 0 Å². The SMILES string of the molecule is CCN(C(=O)COc1ccc(Oc2ccccn2)cc1)C1CCCCC1. The molecule has 0 spiro atoms. The normalized spacial score (nSPS) is 14.7. The minimum Gasteiger partial charge on any atom is -0.484 e. The first-order valence-electron chi connectivity index (χ1n) is 9.37. The fourth-order valence-corrected chi connectivity index (χ4v) is 3.39. The van der Waals surface area contributed by atoms with Gasteiger partial charge in [-0.3, -0.25) is 4.79 Å². The number of hydrogen-bond acceptors (Lipinski definition) is 4. The van der Waals surface area contributed by atoms with Crippen LogP contribution in [0, 0.1) is 0 Å². The van der Waals surface area contributed by atoms with Gasteiger partial charge in [-0.05, 0) is 50.1 Å². The van der Waals surface area contributed by atoms with Gasteiger partial charge in [0.05, 0.1) is 0 Å². The fourth-order valence-electron chi connectivity index (χ4n) is 3.39. The third kappa shape index (κ3) is 4.97. The van der Waals surface area contributed by atoms with Crippen LogP contribution in [0.25, 0.3) is 0 Å². The van der Waals surface area contributed by atoms with Crippen LogP contribution in [0.15, 0.2) is 48.7 Å². The molecule has 0 saturated heterocycles. The quantitative estimate of drug-likeness (QED) is 0.738. The number of pyridine rings is 1. The van der Waals surface area contributed by atoms with Crippen LogP contribution in [0.5, 0.6) is 17.4 Å². The van der Waals surface area contributed by atoms with Gasteiger partial charge in [0.15, 0.2) is 6.61 Å². The first-order valence-corrected chi connectivity index (χ1v) is 9.37. The maximum Gasteiger partial charge on any atom is 0.260 e. The minimum absolute atomic E-state index is 0.0632. The summed E-state index contributed by atoms with van der Waals surface area (Å²) >= 11 is 0. The zero-order chi connectivity index (χ0) is 18.2. The first kappa shape index (κ1) is 18.2. The molecule has 138 valence electrons. The highest BCUT2D eigenvalue weighted by molar-refractivity contribution is 5.78. The van der Waals surface area contributed by atoms with Gasteiger partial charge in [-0.1, -0.05) is 25.3 Å². The van der Waals surface area contributed by atoms with Crippen LogP contribution in [0.3, 0.4) is 0 Å². The largest absolute Gasteiger partial charge is 0.484 e. The molecule has 5 nitrogen and oxygen atoms in total. The third-order valence-electron chi connectivity index (χ3n) is 4.72. The number of ether oxygens (including phenoxy) is 2. The summed E-state index contributed by atoms with van der Waals surface area (Å²) in [6.45, 7) is 2.85. The Kier molecular flexibility index (Phi) is 6.47. The highest BCUT2D eigenvalue weighted by Gasteiger charge is 2.24. The number of hydrogen-bond donors (Lipinski definition) is 0. The van der Waals surface area contributed by atoms with Crippen molar-refractivity contribution in [3.05, 3.63) is 48.7 Å². The third-order valence-corrected chi connectivity index (χ3v) is 4.72. The Hall–Kier alpha value is -2.56. The lowest BCUT2D eigenvalue weighted by atomic mass is 9.94. The molecule has 1 saturated carbocycles. The van der Waals surface area contributed by atoms with Gasteiger partial charge in [0, 0.05) is 24.8 Å². The monoisotopic (exact) mass is 354 g/mol. The lowest BCUT2D eigenvalue weighted by Gasteiger charge is -2.33. The van der Waals surface area contributed by atoms with Crippen molar-refractivity contribution in [2.24, 2.45) is 0 Å². The van der Waals surface area contributed by atoms with Gasteiger partial charge in [0.25, 0.3) is 5.91 Å². The van der Waals surface area contributed by atoms with Crippen LogP contribution in [0.4, 0.5) is 0 Å². The molecule has 1 amide bonds. The fraction of sp³-hybridized carbons (Fsp3) is 0.429. The standard InChI is InChI=1S/C21H26N2O3/c1-2-23(17-8-4-3-5-9-17)21(24)16-25-18-11-13-19(14-12-18)26-20-10-6-7-15-22-20/h6-7,10-15,17H,2-5,8-9,16H2,1H3. The molecule has 1 aliphatic carbocycles. The van der Waals surface area contributed by atoms with Gasteiger partial charge in [-0.25, -0.2) is 4.98 Å². The van der Waals surface area contributed by atoms with Crippen LogP contribution < -0.4 is 9.47 Å². The van der Waals surface area contributed by atoms with Crippen molar-refractivity contribution in [3.63, 3.8) is 0 Å². The van der Waals surface area contributed by atoms with Crippen LogP contribution in [-0.4, -0.2) is 35.0 Å². The topological polar surface area (TPSA) is 51.7 Å². The van der Waals surface area contributed by atoms with Gasteiger partial charge in [-0.2, -0.15) is 0 Å². The Labute approximate surface area is 155 Å². The van der Waals surface area contributed by atoms with Crippen molar-refractivity contribution >= 4 is 5.91 Å². The molecule has 3 rings (SSSR count). The van der Waals surface area contributed by atoms with E-state index in [4.69, 9.17) is 9.47 Å². The number of likely N-dealkylation sites (N-methyl/N-ethyl adjacent to an activating group) is 1. The van der Waals surface area contributed by atoms with E-state index in [0.717, 1.165) is 19.4 Å². The van der Waals surface area contributed by atoms with Crippen molar-refractivity contribution in [2.45, 2.75) is 45.1 Å². The average Bonchev–Trinajstić information content (AvgIpc) is 2.70. The van der Waals surface area contributed by atoms with Gasteiger partial charge in [0.2, 0.25) is 5.88 Å². The second-order valence-electron chi connectivity index (χ2n) is 6.50. The number of benzene rings is 1. The van der Waals surface area contributed by atoms with Gasteiger partial charge in [-0.15, -0.1) is 0 Å². The van der Waals surface area contributed by atoms with E-state index >= 15 is 0 Å². The molecule has 5 heteroatoms. The number of aromatic nitrogens is 1. The van der Waals surface area contributed by atoms with Crippen LogP contribution in [0.2, 0.25) is 0 Å². The van der Waals surface area contributed by atoms with E-state index in [1.807, 2.05) is 48.2 Å². The van der Waals surface area contributed by atoms with Gasteiger partial charge >= 0.3 is 0 Å². The predicted molar refractivity (Wildman–Crippen MR) is 101 cm³/mol. The molecule has 0 N–H and O–H groups in total. The van der Waals surface area contributed by atoms with Crippen molar-refractivity contribution in [1.82, 2.24) is 9.88 Å². The molecule has 1 fully saturated rings. The number of carbonyl (C=O) groups is 1. The second-order valence-corrected chi connectivity index (χ2v) is 6.50. The van der Waals surface area contributed by atoms with E-state index in [-0.39, 0.29) is 12.5 Å². The molecule has 0 aliphatic heterocycles. The summed E-state index contributed by atoms with van der Waals surface area (Å²) in [7, 11) is 0. The summed E-state index contributed by atoms with van der Waals surface area (Å²) < 4.78 is 11.3. The van der Waals surface area contributed by atoms with Gasteiger partial charge < -0.3 is 14.4 Å². The molecule has 0 radical (unpaired) electrons. The molecule has 2 aromatic rings. The van der Waals surface area contributed by atoms with E-state index in [2.05, 4.69) is 4.98 Å². The maximum absolute atomic E-state index is 12.5. The highest BCUT2D eigenvalue weighted by atomic mass is 16.5. The van der Waals surface area contributed by atoms with Gasteiger partial charge in [0.1, 0.15) is 11.5 Å². The van der Waals surface area contributed by atoms with E-state index in [1.165, 1.54) is 19.3 Å². The molecular formula is C21H26N2O3. The molecular weight excluding hydrogens is 328 g/mol. The van der Waals surface area contributed by atoms with Crippen molar-refractivity contribution in [2.75, 3.05) is 13.2 Å². The Morgan fingerprint density at radius 3 is 2.46 bits per heavy atom. The summed E-state index contributed by atoms with van der Waals surface area (Å²) in [4.78, 5) is 18.6. The highest BCUT2D eigenvalue weighted by Crippen LogP contribution is 2.24. The van der Waals surface area contributed by atoms with E-state index < -0.39 is 0 Å². The molecule has 1 heterocycles.